The Labute approximate surface area is 174 Å². The summed E-state index contributed by atoms with van der Waals surface area (Å²) in [6, 6.07) is 7.51. The van der Waals surface area contributed by atoms with E-state index < -0.39 is 37.2 Å². The predicted molar refractivity (Wildman–Crippen MR) is 106 cm³/mol. The van der Waals surface area contributed by atoms with Crippen LogP contribution in [0.4, 0.5) is 8.78 Å². The fraction of sp³-hybridized carbons (Fsp3) is 0.300. The van der Waals surface area contributed by atoms with Crippen LogP contribution in [0.3, 0.4) is 0 Å². The average molecular weight is 457 g/mol. The van der Waals surface area contributed by atoms with Gasteiger partial charge in [-0.2, -0.15) is 0 Å². The number of nitrogens with zero attached hydrogens (tertiary/aromatic N) is 1. The summed E-state index contributed by atoms with van der Waals surface area (Å²) in [6.45, 7) is 1.68. The highest BCUT2D eigenvalue weighted by molar-refractivity contribution is 7.91. The largest absolute Gasteiger partial charge is 0.334 e. The molecular formula is C20H20F2NO5S2. The number of amides is 1. The number of hydrogen-bond acceptors (Lipinski definition) is 5. The van der Waals surface area contributed by atoms with Gasteiger partial charge in [-0.1, -0.05) is 0 Å². The Bertz CT molecular complexity index is 1150. The Morgan fingerprint density at radius 3 is 2.23 bits per heavy atom. The molecule has 2 aromatic carbocycles. The van der Waals surface area contributed by atoms with Crippen LogP contribution < -0.4 is 0 Å². The second-order valence-corrected chi connectivity index (χ2v) is 11.2. The van der Waals surface area contributed by atoms with Crippen molar-refractivity contribution in [2.75, 3.05) is 18.6 Å². The summed E-state index contributed by atoms with van der Waals surface area (Å²) >= 11 is 0. The molecule has 10 heteroatoms. The first-order valence-electron chi connectivity index (χ1n) is 9.09. The Morgan fingerprint density at radius 1 is 1.03 bits per heavy atom. The smallest absolute Gasteiger partial charge is 0.255 e. The van der Waals surface area contributed by atoms with Crippen molar-refractivity contribution in [3.63, 3.8) is 0 Å². The van der Waals surface area contributed by atoms with Crippen molar-refractivity contribution in [1.82, 2.24) is 4.90 Å². The molecule has 1 aliphatic rings. The highest BCUT2D eigenvalue weighted by atomic mass is 32.2. The maximum atomic E-state index is 13.6. The summed E-state index contributed by atoms with van der Waals surface area (Å²) in [4.78, 5) is 13.8. The molecule has 1 saturated heterocycles. The first kappa shape index (κ1) is 22.4. The topological polar surface area (TPSA) is 88.6 Å². The number of halogens is 2. The van der Waals surface area contributed by atoms with E-state index in [9.17, 15) is 30.4 Å². The van der Waals surface area contributed by atoms with Gasteiger partial charge in [0.15, 0.2) is 19.7 Å². The van der Waals surface area contributed by atoms with Crippen LogP contribution in [0.5, 0.6) is 0 Å². The molecule has 161 valence electrons. The molecule has 2 aromatic rings. The fourth-order valence-corrected chi connectivity index (χ4v) is 5.87. The summed E-state index contributed by atoms with van der Waals surface area (Å²) in [6.07, 6.45) is 1.58. The Kier molecular flexibility index (Phi) is 6.28. The zero-order valence-electron chi connectivity index (χ0n) is 16.1. The highest BCUT2D eigenvalue weighted by Crippen LogP contribution is 2.27. The van der Waals surface area contributed by atoms with Crippen molar-refractivity contribution in [1.29, 1.82) is 0 Å². The molecule has 0 aliphatic carbocycles. The minimum absolute atomic E-state index is 0.0277. The van der Waals surface area contributed by atoms with E-state index in [0.717, 1.165) is 36.6 Å². The van der Waals surface area contributed by atoms with Gasteiger partial charge in [0.05, 0.1) is 27.7 Å². The third-order valence-electron chi connectivity index (χ3n) is 4.90. The summed E-state index contributed by atoms with van der Waals surface area (Å²) in [5.74, 6) is -2.34. The zero-order chi connectivity index (χ0) is 22.1. The summed E-state index contributed by atoms with van der Waals surface area (Å²) in [5, 5.41) is 0. The van der Waals surface area contributed by atoms with Crippen molar-refractivity contribution in [2.45, 2.75) is 22.6 Å². The molecule has 1 heterocycles. The lowest BCUT2D eigenvalue weighted by molar-refractivity contribution is 0.0753. The molecule has 1 aliphatic heterocycles. The van der Waals surface area contributed by atoms with E-state index in [0.29, 0.717) is 6.42 Å². The number of likely N-dealkylation sites (tertiary alicyclic amines) is 1. The highest BCUT2D eigenvalue weighted by Gasteiger charge is 2.30. The number of benzene rings is 2. The molecule has 0 saturated carbocycles. The minimum Gasteiger partial charge on any atom is -0.334 e. The van der Waals surface area contributed by atoms with Gasteiger partial charge in [-0.05, 0) is 61.2 Å². The van der Waals surface area contributed by atoms with Crippen molar-refractivity contribution < 1.29 is 30.4 Å². The minimum atomic E-state index is -3.74. The summed E-state index contributed by atoms with van der Waals surface area (Å²) in [7, 11) is -7.35. The normalized spacial score (nSPS) is 15.9. The van der Waals surface area contributed by atoms with E-state index in [1.807, 2.05) is 0 Å². The number of piperidine rings is 1. The van der Waals surface area contributed by atoms with Crippen molar-refractivity contribution in [3.05, 3.63) is 66.2 Å². The lowest BCUT2D eigenvalue weighted by Gasteiger charge is -2.31. The van der Waals surface area contributed by atoms with Gasteiger partial charge in [-0.15, -0.1) is 0 Å². The first-order valence-corrected chi connectivity index (χ1v) is 12.6. The van der Waals surface area contributed by atoms with E-state index in [-0.39, 0.29) is 40.0 Å². The predicted octanol–water partition coefficient (Wildman–Crippen LogP) is 2.86. The van der Waals surface area contributed by atoms with Gasteiger partial charge in [0.2, 0.25) is 0 Å². The molecule has 0 bridgehead atoms. The van der Waals surface area contributed by atoms with Crippen molar-refractivity contribution >= 4 is 25.6 Å². The second kappa shape index (κ2) is 8.43. The molecule has 30 heavy (non-hydrogen) atoms. The van der Waals surface area contributed by atoms with Gasteiger partial charge in [0.1, 0.15) is 11.6 Å². The SMILES string of the molecule is CS(=O)(=O)c1ccc(F)cc1C(=O)N1[CH]CC(CS(=O)(=O)c2ccc(F)cc2)CC1. The van der Waals surface area contributed by atoms with Gasteiger partial charge in [-0.25, -0.2) is 25.6 Å². The molecule has 1 unspecified atom stereocenters. The molecule has 6 nitrogen and oxygen atoms in total. The van der Waals surface area contributed by atoms with E-state index in [1.54, 1.807) is 0 Å². The van der Waals surface area contributed by atoms with Gasteiger partial charge in [0, 0.05) is 12.8 Å². The summed E-state index contributed by atoms with van der Waals surface area (Å²) < 4.78 is 75.5. The molecule has 3 rings (SSSR count). The van der Waals surface area contributed by atoms with E-state index >= 15 is 0 Å². The zero-order valence-corrected chi connectivity index (χ0v) is 17.7. The van der Waals surface area contributed by atoms with E-state index in [4.69, 9.17) is 0 Å². The number of hydrogen-bond donors (Lipinski definition) is 0. The van der Waals surface area contributed by atoms with Crippen LogP contribution in [0, 0.1) is 24.1 Å². The maximum absolute atomic E-state index is 13.6. The van der Waals surface area contributed by atoms with E-state index in [1.165, 1.54) is 23.6 Å². The second-order valence-electron chi connectivity index (χ2n) is 7.22. The van der Waals surface area contributed by atoms with Crippen LogP contribution >= 0.6 is 0 Å². The van der Waals surface area contributed by atoms with Gasteiger partial charge in [-0.3, -0.25) is 4.79 Å². The van der Waals surface area contributed by atoms with Gasteiger partial charge < -0.3 is 4.90 Å². The van der Waals surface area contributed by atoms with Crippen molar-refractivity contribution in [3.8, 4) is 0 Å². The van der Waals surface area contributed by atoms with Crippen LogP contribution in [0.2, 0.25) is 0 Å². The van der Waals surface area contributed by atoms with Crippen LogP contribution in [0.25, 0.3) is 0 Å². The molecule has 0 aromatic heterocycles. The molecule has 1 atom stereocenters. The standard InChI is InChI=1S/C20H20F2NO5S2/c1-29(25,26)19-7-4-16(22)12-18(19)20(24)23-10-8-14(9-11-23)13-30(27,28)17-5-2-15(21)3-6-17/h2-7,10,12,14H,8-9,11,13H2,1H3. The Morgan fingerprint density at radius 2 is 1.67 bits per heavy atom. The molecule has 1 amide bonds. The van der Waals surface area contributed by atoms with Gasteiger partial charge in [0.25, 0.3) is 5.91 Å². The molecule has 1 radical (unpaired) electrons. The van der Waals surface area contributed by atoms with E-state index in [2.05, 4.69) is 0 Å². The molecule has 1 fully saturated rings. The average Bonchev–Trinajstić information content (AvgIpc) is 2.67. The molecule has 0 spiro atoms. The lowest BCUT2D eigenvalue weighted by atomic mass is 9.98. The third-order valence-corrected chi connectivity index (χ3v) is 7.95. The van der Waals surface area contributed by atoms with Gasteiger partial charge >= 0.3 is 0 Å². The first-order chi connectivity index (χ1) is 14.0. The number of sulfone groups is 2. The van der Waals surface area contributed by atoms with Crippen LogP contribution in [-0.4, -0.2) is 46.2 Å². The number of rotatable bonds is 5. The summed E-state index contributed by atoms with van der Waals surface area (Å²) in [5.41, 5.74) is -0.258. The Hall–Kier alpha value is -2.33. The monoisotopic (exact) mass is 456 g/mol. The van der Waals surface area contributed by atoms with Crippen LogP contribution in [-0.2, 0) is 19.7 Å². The lowest BCUT2D eigenvalue weighted by Crippen LogP contribution is -2.37. The van der Waals surface area contributed by atoms with Crippen LogP contribution in [0.15, 0.2) is 52.3 Å². The van der Waals surface area contributed by atoms with Crippen molar-refractivity contribution in [2.24, 2.45) is 5.92 Å². The number of carbonyl (C=O) groups excluding carboxylic acids is 1. The third kappa shape index (κ3) is 5.04. The van der Waals surface area contributed by atoms with Crippen LogP contribution in [0.1, 0.15) is 23.2 Å². The maximum Gasteiger partial charge on any atom is 0.255 e. The number of carbonyl (C=O) groups is 1. The Balaban J connectivity index is 1.70. The molecular weight excluding hydrogens is 436 g/mol. The fourth-order valence-electron chi connectivity index (χ4n) is 3.34. The molecule has 0 N–H and O–H groups in total. The quantitative estimate of drug-likeness (QED) is 0.646.